The molecule has 0 amide bonds. The van der Waals surface area contributed by atoms with E-state index in [-0.39, 0.29) is 39.1 Å². The number of nitrogens with zero attached hydrogens (tertiary/aromatic N) is 5. The Hall–Kier alpha value is -3.53. The minimum atomic E-state index is -5.39. The summed E-state index contributed by atoms with van der Waals surface area (Å²) < 4.78 is 125. The summed E-state index contributed by atoms with van der Waals surface area (Å²) in [6.07, 6.45) is -8.47. The molecule has 1 atom stereocenters. The molecule has 1 saturated carbocycles. The van der Waals surface area contributed by atoms with E-state index in [4.69, 9.17) is 9.47 Å². The van der Waals surface area contributed by atoms with Crippen LogP contribution < -0.4 is 9.64 Å². The molecule has 0 bridgehead atoms. The Bertz CT molecular complexity index is 1560. The number of ether oxygens (including phenoxy) is 2. The second-order valence-electron chi connectivity index (χ2n) is 11.7. The average molecular weight is 706 g/mol. The van der Waals surface area contributed by atoms with Crippen molar-refractivity contribution in [1.82, 2.24) is 14.8 Å². The van der Waals surface area contributed by atoms with Crippen molar-refractivity contribution < 1.29 is 44.2 Å². The van der Waals surface area contributed by atoms with Crippen LogP contribution in [-0.4, -0.2) is 86.6 Å². The lowest BCUT2D eigenvalue weighted by Crippen LogP contribution is -2.58. The molecule has 2 aromatic rings. The van der Waals surface area contributed by atoms with Crippen molar-refractivity contribution in [3.8, 4) is 5.88 Å². The van der Waals surface area contributed by atoms with Gasteiger partial charge in [0, 0.05) is 31.0 Å². The third-order valence-electron chi connectivity index (χ3n) is 8.31. The molecule has 0 spiro atoms. The first-order valence-electron chi connectivity index (χ1n) is 15.7. The molecule has 0 saturated heterocycles. The van der Waals surface area contributed by atoms with Gasteiger partial charge in [0.05, 0.1) is 42.2 Å². The Balaban J connectivity index is 1.88. The minimum absolute atomic E-state index is 0.00768. The summed E-state index contributed by atoms with van der Waals surface area (Å²) in [7, 11) is -2.28. The quantitative estimate of drug-likeness (QED) is 0.156. The number of aliphatic imine (C=N–C) groups is 1. The molecule has 2 aliphatic rings. The predicted octanol–water partition coefficient (Wildman–Crippen LogP) is 6.83. The minimum Gasteiger partial charge on any atom is -0.488 e. The van der Waals surface area contributed by atoms with Crippen LogP contribution in [0.3, 0.4) is 0 Å². The van der Waals surface area contributed by atoms with E-state index in [1.54, 1.807) is 12.1 Å². The number of aromatic nitrogens is 1. The van der Waals surface area contributed by atoms with Crippen LogP contribution in [0, 0.1) is 5.92 Å². The smallest absolute Gasteiger partial charge is 0.487 e. The fraction of sp³-hybridized carbons (Fsp3) is 0.562. The van der Waals surface area contributed by atoms with Crippen LogP contribution in [0.1, 0.15) is 57.2 Å². The van der Waals surface area contributed by atoms with E-state index in [0.29, 0.717) is 24.7 Å². The molecule has 1 unspecified atom stereocenters. The van der Waals surface area contributed by atoms with E-state index >= 15 is 26.3 Å². The van der Waals surface area contributed by atoms with Gasteiger partial charge in [0.1, 0.15) is 6.61 Å². The summed E-state index contributed by atoms with van der Waals surface area (Å²) in [6, 6.07) is 10.1. The third kappa shape index (κ3) is 9.12. The second kappa shape index (κ2) is 15.3. The Morgan fingerprint density at radius 2 is 1.67 bits per heavy atom. The number of allylic oxidation sites excluding steroid dienone is 1. The van der Waals surface area contributed by atoms with Gasteiger partial charge in [-0.2, -0.15) is 18.1 Å². The van der Waals surface area contributed by atoms with Crippen molar-refractivity contribution in [2.75, 3.05) is 43.7 Å². The standard InChI is InChI=1S/C32H41F6N5O4S/c1-5-24-29(47-18-19-48(4,44)45)28(23-14-8-7-9-15-23)43(32(36,37)38)30(40-24)42(31(33,34)35)21-25-26(16-17-27(39-25)46-3)41(6-2)20-22-12-10-11-13-22/h7-9,14-17,22,30H,5-6,10-13,18-21H2,1-4H3. The number of benzene rings is 1. The third-order valence-corrected chi connectivity index (χ3v) is 9.22. The number of alkyl halides is 6. The highest BCUT2D eigenvalue weighted by Crippen LogP contribution is 2.44. The van der Waals surface area contributed by atoms with Gasteiger partial charge >= 0.3 is 12.6 Å². The van der Waals surface area contributed by atoms with Crippen molar-refractivity contribution in [3.63, 3.8) is 0 Å². The highest BCUT2D eigenvalue weighted by molar-refractivity contribution is 7.90. The summed E-state index contributed by atoms with van der Waals surface area (Å²) >= 11 is 0. The monoisotopic (exact) mass is 705 g/mol. The maximum atomic E-state index is 15.2. The summed E-state index contributed by atoms with van der Waals surface area (Å²) in [4.78, 5) is 9.58. The van der Waals surface area contributed by atoms with Crippen LogP contribution in [0.2, 0.25) is 0 Å². The van der Waals surface area contributed by atoms with Crippen LogP contribution in [0.15, 0.2) is 53.2 Å². The van der Waals surface area contributed by atoms with Gasteiger partial charge < -0.3 is 14.4 Å². The van der Waals surface area contributed by atoms with Gasteiger partial charge in [0.2, 0.25) is 5.88 Å². The molecule has 2 heterocycles. The second-order valence-corrected chi connectivity index (χ2v) is 14.0. The molecule has 0 radical (unpaired) electrons. The van der Waals surface area contributed by atoms with Crippen LogP contribution in [-0.2, 0) is 21.1 Å². The van der Waals surface area contributed by atoms with Gasteiger partial charge in [-0.3, -0.25) is 0 Å². The molecule has 16 heteroatoms. The molecule has 1 aromatic heterocycles. The molecule has 0 N–H and O–H groups in total. The van der Waals surface area contributed by atoms with Crippen molar-refractivity contribution >= 4 is 26.9 Å². The summed E-state index contributed by atoms with van der Waals surface area (Å²) in [5, 5.41) is 0. The topological polar surface area (TPSA) is 87.6 Å². The zero-order valence-corrected chi connectivity index (χ0v) is 28.1. The maximum Gasteiger partial charge on any atom is 0.487 e. The number of hydrogen-bond acceptors (Lipinski definition) is 9. The summed E-state index contributed by atoms with van der Waals surface area (Å²) in [6.45, 7) is 2.76. The SMILES string of the molecule is CCC1=NC(N(Cc2nc(OC)ccc2N(CC)CC2CCCC2)C(F)(F)F)N(C(F)(F)F)C(c2ccccc2)=C1OCCS(C)(=O)=O. The van der Waals surface area contributed by atoms with E-state index in [0.717, 1.165) is 31.9 Å². The van der Waals surface area contributed by atoms with Crippen LogP contribution in [0.4, 0.5) is 32.0 Å². The largest absolute Gasteiger partial charge is 0.488 e. The van der Waals surface area contributed by atoms with Crippen molar-refractivity contribution in [2.24, 2.45) is 10.9 Å². The van der Waals surface area contributed by atoms with Crippen LogP contribution in [0.5, 0.6) is 5.88 Å². The Morgan fingerprint density at radius 3 is 2.21 bits per heavy atom. The van der Waals surface area contributed by atoms with Crippen molar-refractivity contribution in [2.45, 2.75) is 71.4 Å². The van der Waals surface area contributed by atoms with Gasteiger partial charge in [-0.05, 0) is 38.2 Å². The average Bonchev–Trinajstić information content (AvgIpc) is 3.54. The molecule has 1 aromatic carbocycles. The number of halogens is 6. The number of methoxy groups -OCH3 is 1. The molecule has 1 aliphatic heterocycles. The summed E-state index contributed by atoms with van der Waals surface area (Å²) in [5.74, 6) is -0.641. The Kier molecular flexibility index (Phi) is 11.9. The van der Waals surface area contributed by atoms with E-state index < -0.39 is 59.1 Å². The molecular weight excluding hydrogens is 664 g/mol. The number of sulfone groups is 1. The Labute approximate surface area is 277 Å². The molecule has 4 rings (SSSR count). The van der Waals surface area contributed by atoms with Crippen LogP contribution in [0.25, 0.3) is 5.70 Å². The fourth-order valence-corrected chi connectivity index (χ4v) is 6.39. The molecule has 266 valence electrons. The van der Waals surface area contributed by atoms with Gasteiger partial charge in [0.15, 0.2) is 21.9 Å². The highest BCUT2D eigenvalue weighted by atomic mass is 32.2. The van der Waals surface area contributed by atoms with E-state index in [1.807, 2.05) is 11.8 Å². The normalized spacial score (nSPS) is 18.0. The number of hydrogen-bond donors (Lipinski definition) is 0. The van der Waals surface area contributed by atoms with Gasteiger partial charge in [-0.25, -0.2) is 23.3 Å². The van der Waals surface area contributed by atoms with Gasteiger partial charge in [-0.1, -0.05) is 50.1 Å². The zero-order valence-electron chi connectivity index (χ0n) is 27.3. The Morgan fingerprint density at radius 1 is 1.00 bits per heavy atom. The van der Waals surface area contributed by atoms with Gasteiger partial charge in [-0.15, -0.1) is 13.2 Å². The van der Waals surface area contributed by atoms with Crippen molar-refractivity contribution in [1.29, 1.82) is 0 Å². The first-order chi connectivity index (χ1) is 22.6. The van der Waals surface area contributed by atoms with Gasteiger partial charge in [0.25, 0.3) is 0 Å². The maximum absolute atomic E-state index is 15.2. The summed E-state index contributed by atoms with van der Waals surface area (Å²) in [5.41, 5.74) is -0.749. The fourth-order valence-electron chi connectivity index (χ4n) is 6.01. The molecule has 48 heavy (non-hydrogen) atoms. The van der Waals surface area contributed by atoms with E-state index in [1.165, 1.54) is 44.4 Å². The molecular formula is C32H41F6N5O4S. The molecule has 1 fully saturated rings. The highest BCUT2D eigenvalue weighted by Gasteiger charge is 2.55. The lowest BCUT2D eigenvalue weighted by Gasteiger charge is -2.44. The number of rotatable bonds is 14. The number of pyridine rings is 1. The zero-order chi connectivity index (χ0) is 35.3. The van der Waals surface area contributed by atoms with Crippen molar-refractivity contribution in [3.05, 3.63) is 59.5 Å². The first kappa shape index (κ1) is 37.3. The van der Waals surface area contributed by atoms with Crippen LogP contribution >= 0.6 is 0 Å². The molecule has 1 aliphatic carbocycles. The number of anilines is 1. The lowest BCUT2D eigenvalue weighted by molar-refractivity contribution is -0.311. The first-order valence-corrected chi connectivity index (χ1v) is 17.8. The lowest BCUT2D eigenvalue weighted by atomic mass is 10.0. The van der Waals surface area contributed by atoms with E-state index in [2.05, 4.69) is 9.98 Å². The predicted molar refractivity (Wildman–Crippen MR) is 171 cm³/mol. The molecule has 9 nitrogen and oxygen atoms in total. The van der Waals surface area contributed by atoms with E-state index in [9.17, 15) is 8.42 Å².